The number of esters is 2. The number of halogens is 1. The molecule has 0 spiro atoms. The van der Waals surface area contributed by atoms with Crippen molar-refractivity contribution in [1.29, 1.82) is 0 Å². The van der Waals surface area contributed by atoms with Gasteiger partial charge in [-0.2, -0.15) is 10.2 Å². The van der Waals surface area contributed by atoms with E-state index in [-0.39, 0.29) is 55.2 Å². The first-order valence-electron chi connectivity index (χ1n) is 14.5. The van der Waals surface area contributed by atoms with Crippen molar-refractivity contribution in [2.75, 3.05) is 18.9 Å². The summed E-state index contributed by atoms with van der Waals surface area (Å²) in [6.07, 6.45) is 2.42. The van der Waals surface area contributed by atoms with Gasteiger partial charge in [-0.05, 0) is 31.9 Å². The summed E-state index contributed by atoms with van der Waals surface area (Å²) in [5.74, 6) is -1.33. The molecule has 0 bridgehead atoms. The van der Waals surface area contributed by atoms with Gasteiger partial charge >= 0.3 is 19.7 Å². The minimum absolute atomic E-state index is 0.0962. The molecule has 1 aromatic carbocycles. The number of ether oxygens (including phenoxy) is 3. The highest BCUT2D eigenvalue weighted by Crippen LogP contribution is 2.45. The van der Waals surface area contributed by atoms with Crippen LogP contribution in [0.25, 0.3) is 5.65 Å². The lowest BCUT2D eigenvalue weighted by Crippen LogP contribution is -2.36. The Kier molecular flexibility index (Phi) is 13.3. The molecule has 0 radical (unpaired) electrons. The minimum Gasteiger partial charge on any atom is -0.488 e. The number of rotatable bonds is 18. The van der Waals surface area contributed by atoms with Crippen molar-refractivity contribution in [1.82, 2.24) is 24.7 Å². The van der Waals surface area contributed by atoms with E-state index in [2.05, 4.69) is 20.2 Å². The van der Waals surface area contributed by atoms with Crippen LogP contribution in [0.4, 0.5) is 10.2 Å². The molecule has 0 fully saturated rings. The van der Waals surface area contributed by atoms with E-state index in [1.807, 2.05) is 13.8 Å². The number of alkyl halides is 1. The summed E-state index contributed by atoms with van der Waals surface area (Å²) in [7, 11) is -4.23. The van der Waals surface area contributed by atoms with Gasteiger partial charge in [0.05, 0.1) is 19.4 Å². The molecule has 3 aromatic rings. The van der Waals surface area contributed by atoms with Crippen LogP contribution in [0, 0.1) is 5.92 Å². The predicted molar refractivity (Wildman–Crippen MR) is 162 cm³/mol. The van der Waals surface area contributed by atoms with Crippen LogP contribution in [0.2, 0.25) is 0 Å². The van der Waals surface area contributed by atoms with Crippen LogP contribution in [0.3, 0.4) is 0 Å². The average Bonchev–Trinajstić information content (AvgIpc) is 3.42. The molecular weight excluding hydrogens is 610 g/mol. The maximum atomic E-state index is 14.7. The number of fused-ring (bicyclic) bond motifs is 1. The molecule has 45 heavy (non-hydrogen) atoms. The number of imidazole rings is 1. The summed E-state index contributed by atoms with van der Waals surface area (Å²) < 4.78 is 57.8. The summed E-state index contributed by atoms with van der Waals surface area (Å²) in [4.78, 5) is 32.6. The number of anilines is 1. The van der Waals surface area contributed by atoms with Crippen molar-refractivity contribution in [2.45, 2.75) is 72.7 Å². The first-order valence-corrected chi connectivity index (χ1v) is 16.1. The number of para-hydroxylation sites is 1. The highest BCUT2D eigenvalue weighted by Gasteiger charge is 2.33. The predicted octanol–water partition coefficient (Wildman–Crippen LogP) is 4.91. The normalized spacial score (nSPS) is 14.7. The zero-order chi connectivity index (χ0) is 33.0. The Hall–Kier alpha value is -4.07. The van der Waals surface area contributed by atoms with Gasteiger partial charge in [0.15, 0.2) is 23.4 Å². The van der Waals surface area contributed by atoms with Gasteiger partial charge in [0.1, 0.15) is 36.2 Å². The Bertz CT molecular complexity index is 1500. The maximum absolute atomic E-state index is 14.7. The molecule has 3 N–H and O–H groups in total. The Morgan fingerprint density at radius 3 is 2.47 bits per heavy atom. The molecule has 0 saturated heterocycles. The van der Waals surface area contributed by atoms with E-state index in [4.69, 9.17) is 29.0 Å². The molecule has 3 unspecified atom stereocenters. The summed E-state index contributed by atoms with van der Waals surface area (Å²) in [5, 5.41) is 6.72. The van der Waals surface area contributed by atoms with Gasteiger partial charge in [-0.3, -0.25) is 14.1 Å². The van der Waals surface area contributed by atoms with Gasteiger partial charge in [-0.25, -0.2) is 23.4 Å². The molecule has 246 valence electrons. The number of carbonyl (C=O) groups is 2. The van der Waals surface area contributed by atoms with Gasteiger partial charge < -0.3 is 24.5 Å². The van der Waals surface area contributed by atoms with E-state index >= 15 is 0 Å². The molecule has 0 aliphatic rings. The number of carbonyl (C=O) groups excluding carboxylic acids is 2. The molecular formula is C29H40FN6O8P. The number of allylic oxidation sites excluding steroid dienone is 1. The van der Waals surface area contributed by atoms with E-state index in [1.54, 1.807) is 30.3 Å². The number of aromatic nitrogens is 4. The van der Waals surface area contributed by atoms with Gasteiger partial charge in [0, 0.05) is 13.3 Å². The minimum atomic E-state index is -4.23. The fraction of sp³-hybridized carbons (Fsp3) is 0.483. The van der Waals surface area contributed by atoms with Crippen molar-refractivity contribution >= 4 is 31.2 Å². The number of benzene rings is 1. The largest absolute Gasteiger partial charge is 0.488 e. The molecule has 0 aliphatic heterocycles. The van der Waals surface area contributed by atoms with Crippen LogP contribution in [-0.4, -0.2) is 56.9 Å². The Morgan fingerprint density at radius 1 is 1.11 bits per heavy atom. The molecule has 2 aromatic heterocycles. The quantitative estimate of drug-likeness (QED) is 0.108. The van der Waals surface area contributed by atoms with Crippen molar-refractivity contribution < 1.29 is 41.8 Å². The first kappa shape index (κ1) is 35.4. The Balaban J connectivity index is 1.80. The molecule has 3 atom stereocenters. The third-order valence-corrected chi connectivity index (χ3v) is 8.24. The van der Waals surface area contributed by atoms with Crippen molar-refractivity contribution in [3.63, 3.8) is 0 Å². The maximum Gasteiger partial charge on any atom is 0.459 e. The van der Waals surface area contributed by atoms with E-state index in [0.717, 1.165) is 19.8 Å². The monoisotopic (exact) mass is 650 g/mol. The second kappa shape index (κ2) is 16.8. The van der Waals surface area contributed by atoms with Crippen LogP contribution in [-0.2, 0) is 39.5 Å². The molecule has 3 rings (SSSR count). The first-order chi connectivity index (χ1) is 21.5. The standard InChI is InChI=1S/C29H40FN6O8P/c1-6-22(7-2)16-41-29(38)20(4)35-45(39,44-24-11-9-8-10-12-24)42-14-13-25(26(19(3)30)43-21(5)37)40-17-23-15-32-28-27(31)33-18-34-36(23)28/h8-12,15,18-20,22H,6-7,13-14,16-17H2,1-5H3,(H,35,39)(H2,31,33,34). The molecule has 0 saturated carbocycles. The summed E-state index contributed by atoms with van der Waals surface area (Å²) in [6.45, 7) is 7.46. The molecule has 0 amide bonds. The SMILES string of the molecule is CCC(CC)COC(=O)C(C)NP(=O)(OCCC(OCc1cnc2c(N)ncnn12)=C(OC(C)=O)C(C)F)Oc1ccccc1. The third kappa shape index (κ3) is 10.5. The fourth-order valence-corrected chi connectivity index (χ4v) is 5.52. The average molecular weight is 651 g/mol. The molecule has 0 aliphatic carbocycles. The van der Waals surface area contributed by atoms with Gasteiger partial charge in [0.25, 0.3) is 0 Å². The lowest BCUT2D eigenvalue weighted by atomic mass is 10.1. The number of hydrogen-bond donors (Lipinski definition) is 2. The van der Waals surface area contributed by atoms with Crippen LogP contribution in [0.1, 0.15) is 59.6 Å². The van der Waals surface area contributed by atoms with Crippen LogP contribution < -0.4 is 15.3 Å². The van der Waals surface area contributed by atoms with Crippen LogP contribution in [0.5, 0.6) is 5.75 Å². The molecule has 14 nitrogen and oxygen atoms in total. The Morgan fingerprint density at radius 2 is 1.82 bits per heavy atom. The van der Waals surface area contributed by atoms with Crippen molar-refractivity contribution in [3.8, 4) is 5.75 Å². The topological polar surface area (TPSA) is 178 Å². The van der Waals surface area contributed by atoms with E-state index in [0.29, 0.717) is 11.3 Å². The zero-order valence-corrected chi connectivity index (χ0v) is 26.9. The lowest BCUT2D eigenvalue weighted by Gasteiger charge is -2.24. The number of nitrogens with one attached hydrogen (secondary N) is 1. The number of nitrogen functional groups attached to an aromatic ring is 1. The number of nitrogens with two attached hydrogens (primary N) is 1. The fourth-order valence-electron chi connectivity index (χ4n) is 4.03. The lowest BCUT2D eigenvalue weighted by molar-refractivity contribution is -0.146. The van der Waals surface area contributed by atoms with E-state index < -0.39 is 31.9 Å². The second-order valence-corrected chi connectivity index (χ2v) is 11.8. The second-order valence-electron chi connectivity index (χ2n) is 10.1. The summed E-state index contributed by atoms with van der Waals surface area (Å²) in [6, 6.07) is 7.17. The smallest absolute Gasteiger partial charge is 0.459 e. The highest BCUT2D eigenvalue weighted by atomic mass is 31.2. The third-order valence-electron chi connectivity index (χ3n) is 6.57. The zero-order valence-electron chi connectivity index (χ0n) is 26.0. The number of hydrogen-bond acceptors (Lipinski definition) is 12. The highest BCUT2D eigenvalue weighted by molar-refractivity contribution is 7.52. The molecule has 2 heterocycles. The van der Waals surface area contributed by atoms with Gasteiger partial charge in [-0.15, -0.1) is 0 Å². The van der Waals surface area contributed by atoms with Crippen LogP contribution >= 0.6 is 7.75 Å². The van der Waals surface area contributed by atoms with Crippen LogP contribution in [0.15, 0.2) is 54.4 Å². The van der Waals surface area contributed by atoms with Crippen molar-refractivity contribution in [3.05, 3.63) is 60.1 Å². The van der Waals surface area contributed by atoms with Gasteiger partial charge in [0.2, 0.25) is 0 Å². The van der Waals surface area contributed by atoms with Gasteiger partial charge in [-0.1, -0.05) is 44.9 Å². The Labute approximate surface area is 261 Å². The van der Waals surface area contributed by atoms with E-state index in [1.165, 1.54) is 30.9 Å². The number of nitrogens with zero attached hydrogens (tertiary/aromatic N) is 4. The summed E-state index contributed by atoms with van der Waals surface area (Å²) in [5.41, 5.74) is 6.57. The van der Waals surface area contributed by atoms with E-state index in [9.17, 15) is 18.5 Å². The van der Waals surface area contributed by atoms with Crippen molar-refractivity contribution in [2.24, 2.45) is 5.92 Å². The summed E-state index contributed by atoms with van der Waals surface area (Å²) >= 11 is 0. The molecule has 16 heteroatoms.